The summed E-state index contributed by atoms with van der Waals surface area (Å²) in [6.45, 7) is 19.3. The van der Waals surface area contributed by atoms with E-state index in [4.69, 9.17) is 39.8 Å². The molecule has 0 fully saturated rings. The Kier molecular flexibility index (Phi) is 51.0. The average molecular weight is 756 g/mol. The van der Waals surface area contributed by atoms with Crippen LogP contribution in [0.4, 0.5) is 0 Å². The van der Waals surface area contributed by atoms with E-state index < -0.39 is 37.1 Å². The molecular weight excluding hydrogens is 683 g/mol. The maximum absolute atomic E-state index is 5.30. The Morgan fingerprint density at radius 2 is 1.13 bits per heavy atom. The van der Waals surface area contributed by atoms with Gasteiger partial charge in [-0.05, 0) is 57.1 Å². The van der Waals surface area contributed by atoms with Gasteiger partial charge in [0.15, 0.2) is 0 Å². The van der Waals surface area contributed by atoms with E-state index in [1.165, 1.54) is 19.9 Å². The average Bonchev–Trinajstić information content (AvgIpc) is 3.10. The van der Waals surface area contributed by atoms with E-state index in [2.05, 4.69) is 53.2 Å². The van der Waals surface area contributed by atoms with E-state index in [0.717, 1.165) is 45.8 Å². The predicted octanol–water partition coefficient (Wildman–Crippen LogP) is 3.77. The van der Waals surface area contributed by atoms with Crippen LogP contribution in [0.3, 0.4) is 0 Å². The van der Waals surface area contributed by atoms with Crippen molar-refractivity contribution in [3.63, 3.8) is 0 Å². The molecule has 0 aliphatic carbocycles. The fourth-order valence-corrected chi connectivity index (χ4v) is 7.86. The topological polar surface area (TPSA) is 109 Å². The molecule has 15 heteroatoms. The number of hydrogen-bond acceptors (Lipinski definition) is 10. The SMILES string of the molecule is C=CCC[SiH](OC)OC.C=CC[SiH](OC)OC.C=Cc1ccccc1[SiH](OC)OC.CC(C)(C)O[SiH3].CCCC[SiH](OC)OC.CN. The fraction of sp³-hybridized carbons (Fsp3) is 0.625. The second kappa shape index (κ2) is 43.1. The number of hydrogen-bond donors (Lipinski definition) is 1. The van der Waals surface area contributed by atoms with Crippen molar-refractivity contribution in [2.24, 2.45) is 5.73 Å². The lowest BCUT2D eigenvalue weighted by Crippen LogP contribution is -2.36. The molecule has 10 nitrogen and oxygen atoms in total. The van der Waals surface area contributed by atoms with Gasteiger partial charge in [-0.3, -0.25) is 0 Å². The van der Waals surface area contributed by atoms with Crippen molar-refractivity contribution in [2.75, 3.05) is 63.9 Å². The van der Waals surface area contributed by atoms with Crippen molar-refractivity contribution in [3.8, 4) is 0 Å². The van der Waals surface area contributed by atoms with Crippen molar-refractivity contribution >= 4 is 58.9 Å². The summed E-state index contributed by atoms with van der Waals surface area (Å²) in [5.41, 5.74) is 5.70. The number of benzene rings is 1. The Morgan fingerprint density at radius 1 is 0.702 bits per heavy atom. The van der Waals surface area contributed by atoms with Crippen LogP contribution >= 0.6 is 0 Å². The Morgan fingerprint density at radius 3 is 1.43 bits per heavy atom. The van der Waals surface area contributed by atoms with E-state index in [1.54, 1.807) is 56.9 Å². The Hall–Kier alpha value is -0.876. The molecule has 0 bridgehead atoms. The molecule has 0 amide bonds. The fourth-order valence-electron chi connectivity index (χ4n) is 2.97. The normalized spacial score (nSPS) is 10.3. The highest BCUT2D eigenvalue weighted by Gasteiger charge is 2.15. The van der Waals surface area contributed by atoms with Crippen LogP contribution in [-0.4, -0.2) is 117 Å². The molecule has 0 heterocycles. The van der Waals surface area contributed by atoms with E-state index >= 15 is 0 Å². The van der Waals surface area contributed by atoms with Crippen LogP contribution in [0, 0.1) is 0 Å². The summed E-state index contributed by atoms with van der Waals surface area (Å²) in [7, 11) is 10.4. The lowest BCUT2D eigenvalue weighted by atomic mass is 10.2. The third kappa shape index (κ3) is 39.4. The van der Waals surface area contributed by atoms with Gasteiger partial charge < -0.3 is 45.6 Å². The number of allylic oxidation sites excluding steroid dienone is 2. The first-order chi connectivity index (χ1) is 22.4. The van der Waals surface area contributed by atoms with Crippen LogP contribution in [0.25, 0.3) is 6.08 Å². The molecule has 1 rings (SSSR count). The highest BCUT2D eigenvalue weighted by molar-refractivity contribution is 6.62. The smallest absolute Gasteiger partial charge is 0.355 e. The minimum Gasteiger partial charge on any atom is -0.423 e. The van der Waals surface area contributed by atoms with E-state index in [-0.39, 0.29) is 5.60 Å². The Balaban J connectivity index is -0.000000158. The van der Waals surface area contributed by atoms with Crippen LogP contribution in [0.5, 0.6) is 0 Å². The first-order valence-corrected chi connectivity index (χ1v) is 23.3. The summed E-state index contributed by atoms with van der Waals surface area (Å²) < 4.78 is 46.0. The maximum Gasteiger partial charge on any atom is 0.355 e. The van der Waals surface area contributed by atoms with E-state index in [0.29, 0.717) is 0 Å². The summed E-state index contributed by atoms with van der Waals surface area (Å²) in [5, 5.41) is 1.14. The minimum absolute atomic E-state index is 0.103. The van der Waals surface area contributed by atoms with Gasteiger partial charge in [0.05, 0.1) is 0 Å². The summed E-state index contributed by atoms with van der Waals surface area (Å²) >= 11 is 0. The quantitative estimate of drug-likeness (QED) is 0.176. The lowest BCUT2D eigenvalue weighted by molar-refractivity contribution is 0.147. The Labute approximate surface area is 299 Å². The molecule has 47 heavy (non-hydrogen) atoms. The molecule has 0 saturated carbocycles. The third-order valence-electron chi connectivity index (χ3n) is 5.85. The molecule has 280 valence electrons. The number of unbranched alkanes of at least 4 members (excludes halogenated alkanes) is 1. The second-order valence-electron chi connectivity index (χ2n) is 10.2. The van der Waals surface area contributed by atoms with Crippen LogP contribution in [0.15, 0.2) is 56.2 Å². The largest absolute Gasteiger partial charge is 0.423 e. The van der Waals surface area contributed by atoms with Gasteiger partial charge in [0, 0.05) is 68.5 Å². The van der Waals surface area contributed by atoms with Crippen molar-refractivity contribution in [3.05, 3.63) is 61.7 Å². The van der Waals surface area contributed by atoms with Crippen molar-refractivity contribution in [2.45, 2.75) is 70.7 Å². The molecule has 0 spiro atoms. The number of nitrogens with two attached hydrogens (primary N) is 1. The van der Waals surface area contributed by atoms with E-state index in [9.17, 15) is 0 Å². The summed E-state index contributed by atoms with van der Waals surface area (Å²) in [5.74, 6) is 0. The molecule has 0 aliphatic rings. The number of rotatable bonds is 18. The molecule has 1 aromatic carbocycles. The van der Waals surface area contributed by atoms with Gasteiger partial charge >= 0.3 is 37.1 Å². The minimum atomic E-state index is -1.68. The van der Waals surface area contributed by atoms with Crippen LogP contribution in [0.1, 0.15) is 52.5 Å². The van der Waals surface area contributed by atoms with Crippen LogP contribution < -0.4 is 10.9 Å². The van der Waals surface area contributed by atoms with E-state index in [1.807, 2.05) is 42.5 Å². The van der Waals surface area contributed by atoms with Crippen LogP contribution in [-0.2, 0) is 39.8 Å². The monoisotopic (exact) mass is 755 g/mol. The lowest BCUT2D eigenvalue weighted by Gasteiger charge is -2.15. The zero-order valence-electron chi connectivity index (χ0n) is 32.5. The standard InChI is InChI=1S/C10H14O2Si.C6H16O2Si.C6H14O2Si.C5H12O2Si.C4H12OSi.CH5N/c1-4-9-7-5-6-8-10(9)13(11-2)12-3;2*1-4-5-6-9(7-2)8-3;1-4-5-8(6-2)7-3;1-4(2,3)5-6;1-2/h4-8,13H,1H2,2-3H3;9H,4-6H2,1-3H3;4,9H,1,5-6H2,2-3H3;4,8H,1,5H2,2-3H3;1-3,6H3;2H2,1H3. The molecule has 0 aromatic heterocycles. The van der Waals surface area contributed by atoms with Crippen molar-refractivity contribution in [1.29, 1.82) is 0 Å². The van der Waals surface area contributed by atoms with Gasteiger partial charge in [0.2, 0.25) is 0 Å². The molecule has 0 atom stereocenters. The van der Waals surface area contributed by atoms with Gasteiger partial charge in [0.1, 0.15) is 10.5 Å². The molecule has 0 saturated heterocycles. The third-order valence-corrected chi connectivity index (χ3v) is 14.5. The first kappa shape index (κ1) is 55.5. The highest BCUT2D eigenvalue weighted by atomic mass is 28.3. The zero-order valence-corrected chi connectivity index (χ0v) is 39.1. The molecule has 0 unspecified atom stereocenters. The van der Waals surface area contributed by atoms with Gasteiger partial charge in [-0.2, -0.15) is 0 Å². The highest BCUT2D eigenvalue weighted by Crippen LogP contribution is 2.03. The summed E-state index contributed by atoms with van der Waals surface area (Å²) in [6, 6.07) is 11.1. The molecule has 0 radical (unpaired) electrons. The summed E-state index contributed by atoms with van der Waals surface area (Å²) in [4.78, 5) is 0. The molecule has 0 aliphatic heterocycles. The zero-order chi connectivity index (χ0) is 37.5. The molecular formula is C32H73NO9Si5. The van der Waals surface area contributed by atoms with Gasteiger partial charge in [-0.15, -0.1) is 13.2 Å². The van der Waals surface area contributed by atoms with Crippen LogP contribution in [0.2, 0.25) is 18.1 Å². The van der Waals surface area contributed by atoms with Crippen molar-refractivity contribution < 1.29 is 39.8 Å². The van der Waals surface area contributed by atoms with Gasteiger partial charge in [-0.25, -0.2) is 0 Å². The molecule has 1 aromatic rings. The molecule has 2 N–H and O–H groups in total. The van der Waals surface area contributed by atoms with Crippen molar-refractivity contribution in [1.82, 2.24) is 0 Å². The predicted molar refractivity (Wildman–Crippen MR) is 216 cm³/mol. The van der Waals surface area contributed by atoms with Gasteiger partial charge in [0.25, 0.3) is 0 Å². The maximum atomic E-state index is 5.30. The first-order valence-electron chi connectivity index (χ1n) is 15.7. The summed E-state index contributed by atoms with van der Waals surface area (Å²) in [6.07, 6.45) is 9.00. The Bertz CT molecular complexity index is 778. The van der Waals surface area contributed by atoms with Gasteiger partial charge in [-0.1, -0.05) is 68.8 Å². The second-order valence-corrected chi connectivity index (χ2v) is 19.9.